The molecular formula is C30H21Cr. The molecule has 0 nitrogen and oxygen atoms in total. The molecule has 6 aromatic rings. The van der Waals surface area contributed by atoms with Gasteiger partial charge >= 0.3 is 17.4 Å². The predicted molar refractivity (Wildman–Crippen MR) is 128 cm³/mol. The van der Waals surface area contributed by atoms with E-state index in [0.717, 1.165) is 0 Å². The van der Waals surface area contributed by atoms with Crippen LogP contribution in [0.15, 0.2) is 127 Å². The minimum absolute atomic E-state index is 0. The third-order valence-electron chi connectivity index (χ3n) is 4.71. The largest absolute Gasteiger partial charge is 3.00 e. The van der Waals surface area contributed by atoms with E-state index in [-0.39, 0.29) is 17.4 Å². The molecule has 0 bridgehead atoms. The number of hydrogen-bond acceptors (Lipinski definition) is 0. The first-order chi connectivity index (χ1) is 14.9. The van der Waals surface area contributed by atoms with Crippen molar-refractivity contribution in [1.82, 2.24) is 0 Å². The fourth-order valence-corrected chi connectivity index (χ4v) is 3.19. The molecule has 0 aliphatic carbocycles. The third-order valence-corrected chi connectivity index (χ3v) is 4.71. The molecule has 0 spiro atoms. The van der Waals surface area contributed by atoms with E-state index in [9.17, 15) is 0 Å². The van der Waals surface area contributed by atoms with E-state index in [4.69, 9.17) is 0 Å². The van der Waals surface area contributed by atoms with Gasteiger partial charge < -0.3 is 0 Å². The Balaban J connectivity index is 0.000000130. The molecule has 6 aromatic carbocycles. The molecule has 6 rings (SSSR count). The standard InChI is InChI=1S/3C10H7.Cr/c3*1-2-6-10-8-4-3-7-9(10)5-1;/h3*1-7H;/q3*-1;+3. The van der Waals surface area contributed by atoms with E-state index < -0.39 is 0 Å². The molecule has 147 valence electrons. The van der Waals surface area contributed by atoms with E-state index in [0.29, 0.717) is 0 Å². The smallest absolute Gasteiger partial charge is 0.147 e. The molecule has 0 amide bonds. The Hall–Kier alpha value is -3.37. The quantitative estimate of drug-likeness (QED) is 0.213. The van der Waals surface area contributed by atoms with Gasteiger partial charge in [0.2, 0.25) is 0 Å². The summed E-state index contributed by atoms with van der Waals surface area (Å²) in [6, 6.07) is 52.2. The first kappa shape index (κ1) is 22.3. The monoisotopic (exact) mass is 433 g/mol. The summed E-state index contributed by atoms with van der Waals surface area (Å²) < 4.78 is 0. The topological polar surface area (TPSA) is 0 Å². The summed E-state index contributed by atoms with van der Waals surface area (Å²) in [5.74, 6) is 0. The van der Waals surface area contributed by atoms with Gasteiger partial charge in [-0.15, -0.1) is 142 Å². The average Bonchev–Trinajstić information content (AvgIpc) is 2.85. The summed E-state index contributed by atoms with van der Waals surface area (Å²) in [7, 11) is 0. The first-order valence-corrected chi connectivity index (χ1v) is 9.96. The second kappa shape index (κ2) is 11.7. The number of rotatable bonds is 0. The van der Waals surface area contributed by atoms with Crippen LogP contribution in [0.2, 0.25) is 0 Å². The molecule has 0 fully saturated rings. The molecule has 0 aromatic heterocycles. The van der Waals surface area contributed by atoms with Crippen molar-refractivity contribution in [3.05, 3.63) is 146 Å². The first-order valence-electron chi connectivity index (χ1n) is 9.96. The Bertz CT molecular complexity index is 989. The molecule has 0 saturated heterocycles. The number of benzene rings is 6. The van der Waals surface area contributed by atoms with Gasteiger partial charge in [0.1, 0.15) is 0 Å². The molecule has 1 radical (unpaired) electrons. The van der Waals surface area contributed by atoms with Crippen molar-refractivity contribution in [2.75, 3.05) is 0 Å². The van der Waals surface area contributed by atoms with Crippen molar-refractivity contribution in [1.29, 1.82) is 0 Å². The fraction of sp³-hybridized carbons (Fsp3) is 0. The summed E-state index contributed by atoms with van der Waals surface area (Å²) in [4.78, 5) is 0. The van der Waals surface area contributed by atoms with Crippen molar-refractivity contribution < 1.29 is 17.4 Å². The number of fused-ring (bicyclic) bond motifs is 3. The van der Waals surface area contributed by atoms with Crippen LogP contribution in [0, 0.1) is 18.2 Å². The van der Waals surface area contributed by atoms with Gasteiger partial charge in [0.05, 0.1) is 0 Å². The van der Waals surface area contributed by atoms with Crippen molar-refractivity contribution in [2.24, 2.45) is 0 Å². The zero-order valence-electron chi connectivity index (χ0n) is 17.0. The van der Waals surface area contributed by atoms with Crippen LogP contribution in [-0.2, 0) is 17.4 Å². The maximum Gasteiger partial charge on any atom is 3.00 e. The van der Waals surface area contributed by atoms with Gasteiger partial charge in [-0.25, -0.2) is 0 Å². The van der Waals surface area contributed by atoms with E-state index >= 15 is 0 Å². The van der Waals surface area contributed by atoms with E-state index in [1.807, 2.05) is 72.8 Å². The van der Waals surface area contributed by atoms with Crippen LogP contribution in [0.25, 0.3) is 32.3 Å². The second-order valence-electron chi connectivity index (χ2n) is 6.77. The minimum Gasteiger partial charge on any atom is -0.147 e. The van der Waals surface area contributed by atoms with Crippen LogP contribution in [-0.4, -0.2) is 0 Å². The third kappa shape index (κ3) is 6.30. The average molecular weight is 433 g/mol. The summed E-state index contributed by atoms with van der Waals surface area (Å²) in [5, 5.41) is 7.32. The van der Waals surface area contributed by atoms with Gasteiger partial charge in [0, 0.05) is 0 Å². The van der Waals surface area contributed by atoms with E-state index in [1.54, 1.807) is 0 Å². The van der Waals surface area contributed by atoms with Crippen molar-refractivity contribution >= 4 is 32.3 Å². The van der Waals surface area contributed by atoms with Gasteiger partial charge in [-0.3, -0.25) is 0 Å². The molecule has 0 N–H and O–H groups in total. The van der Waals surface area contributed by atoms with Gasteiger partial charge in [0.25, 0.3) is 0 Å². The summed E-state index contributed by atoms with van der Waals surface area (Å²) in [5.41, 5.74) is 0. The van der Waals surface area contributed by atoms with Crippen LogP contribution < -0.4 is 0 Å². The minimum atomic E-state index is 0. The Kier molecular flexibility index (Phi) is 8.44. The molecule has 0 atom stereocenters. The van der Waals surface area contributed by atoms with Gasteiger partial charge in [-0.2, -0.15) is 0 Å². The Morgan fingerprint density at radius 3 is 0.871 bits per heavy atom. The summed E-state index contributed by atoms with van der Waals surface area (Å²) >= 11 is 0. The van der Waals surface area contributed by atoms with Crippen molar-refractivity contribution in [3.8, 4) is 0 Å². The van der Waals surface area contributed by atoms with Crippen molar-refractivity contribution in [3.63, 3.8) is 0 Å². The molecular weight excluding hydrogens is 412 g/mol. The zero-order valence-corrected chi connectivity index (χ0v) is 18.3. The summed E-state index contributed by atoms with van der Waals surface area (Å²) in [6.07, 6.45) is 0. The fourth-order valence-electron chi connectivity index (χ4n) is 3.19. The maximum absolute atomic E-state index is 3.15. The molecule has 31 heavy (non-hydrogen) atoms. The molecule has 1 heteroatoms. The zero-order chi connectivity index (χ0) is 20.4. The Labute approximate surface area is 194 Å². The predicted octanol–water partition coefficient (Wildman–Crippen LogP) is 7.92. The van der Waals surface area contributed by atoms with E-state index in [2.05, 4.69) is 72.8 Å². The molecule has 0 heterocycles. The Morgan fingerprint density at radius 1 is 0.323 bits per heavy atom. The molecule has 0 aliphatic rings. The Morgan fingerprint density at radius 2 is 0.581 bits per heavy atom. The van der Waals surface area contributed by atoms with Crippen LogP contribution in [0.3, 0.4) is 0 Å². The number of hydrogen-bond donors (Lipinski definition) is 0. The molecule has 0 aliphatic heterocycles. The van der Waals surface area contributed by atoms with Gasteiger partial charge in [0.15, 0.2) is 0 Å². The van der Waals surface area contributed by atoms with Gasteiger partial charge in [-0.1, -0.05) is 36.4 Å². The summed E-state index contributed by atoms with van der Waals surface area (Å²) in [6.45, 7) is 0. The second-order valence-corrected chi connectivity index (χ2v) is 6.77. The maximum atomic E-state index is 3.15. The van der Waals surface area contributed by atoms with Gasteiger partial charge in [-0.05, 0) is 0 Å². The normalized spacial score (nSPS) is 9.68. The SMILES string of the molecule is [Cr+3].[c-]1cccc2ccccc12.[c-]1cccc2ccccc12.[c-]1cccc2ccccc12. The van der Waals surface area contributed by atoms with Crippen LogP contribution in [0.1, 0.15) is 0 Å². The molecule has 0 unspecified atom stereocenters. The van der Waals surface area contributed by atoms with E-state index in [1.165, 1.54) is 32.3 Å². The van der Waals surface area contributed by atoms with Crippen LogP contribution >= 0.6 is 0 Å². The molecule has 0 saturated carbocycles. The van der Waals surface area contributed by atoms with Crippen molar-refractivity contribution in [2.45, 2.75) is 0 Å². The van der Waals surface area contributed by atoms with Crippen LogP contribution in [0.4, 0.5) is 0 Å². The van der Waals surface area contributed by atoms with Crippen LogP contribution in [0.5, 0.6) is 0 Å².